The summed E-state index contributed by atoms with van der Waals surface area (Å²) in [5.74, 6) is -0.405. The van der Waals surface area contributed by atoms with Crippen molar-refractivity contribution in [3.63, 3.8) is 0 Å². The van der Waals surface area contributed by atoms with Gasteiger partial charge in [-0.25, -0.2) is 4.79 Å². The molecule has 74 valence electrons. The molecule has 0 fully saturated rings. The zero-order valence-corrected chi connectivity index (χ0v) is 7.73. The third kappa shape index (κ3) is 2.58. The molecule has 1 aromatic carbocycles. The fourth-order valence-corrected chi connectivity index (χ4v) is 1.04. The zero-order valence-electron chi connectivity index (χ0n) is 7.73. The molecule has 0 spiro atoms. The number of ether oxygens (including phenoxy) is 2. The van der Waals surface area contributed by atoms with Gasteiger partial charge in [-0.3, -0.25) is 4.79 Å². The van der Waals surface area contributed by atoms with Crippen LogP contribution < -0.4 is 0 Å². The van der Waals surface area contributed by atoms with Crippen molar-refractivity contribution in [3.8, 4) is 0 Å². The smallest absolute Gasteiger partial charge is 0.337 e. The summed E-state index contributed by atoms with van der Waals surface area (Å²) < 4.78 is 9.10. The van der Waals surface area contributed by atoms with Crippen molar-refractivity contribution >= 4 is 12.4 Å². The van der Waals surface area contributed by atoms with Gasteiger partial charge < -0.3 is 9.47 Å². The second kappa shape index (κ2) is 5.01. The molecule has 0 saturated heterocycles. The highest BCUT2D eigenvalue weighted by Gasteiger charge is 2.05. The van der Waals surface area contributed by atoms with E-state index >= 15 is 0 Å². The first kappa shape index (κ1) is 10.2. The molecule has 0 N–H and O–H groups in total. The van der Waals surface area contributed by atoms with E-state index in [-0.39, 0.29) is 6.61 Å². The minimum atomic E-state index is -0.405. The average Bonchev–Trinajstić information content (AvgIpc) is 2.25. The largest absolute Gasteiger partial charge is 0.465 e. The summed E-state index contributed by atoms with van der Waals surface area (Å²) in [5, 5.41) is 0. The molecule has 0 aliphatic heterocycles. The van der Waals surface area contributed by atoms with E-state index in [1.54, 1.807) is 24.3 Å². The molecule has 1 aromatic rings. The van der Waals surface area contributed by atoms with E-state index in [9.17, 15) is 9.59 Å². The van der Waals surface area contributed by atoms with E-state index < -0.39 is 5.97 Å². The van der Waals surface area contributed by atoms with Gasteiger partial charge in [0.15, 0.2) is 0 Å². The predicted molar refractivity (Wildman–Crippen MR) is 48.6 cm³/mol. The molecule has 0 aromatic heterocycles. The maximum Gasteiger partial charge on any atom is 0.337 e. The fourth-order valence-electron chi connectivity index (χ4n) is 1.04. The molecule has 0 atom stereocenters. The molecule has 14 heavy (non-hydrogen) atoms. The van der Waals surface area contributed by atoms with Crippen LogP contribution in [0.2, 0.25) is 0 Å². The Balaban J connectivity index is 2.78. The summed E-state index contributed by atoms with van der Waals surface area (Å²) in [6, 6.07) is 6.72. The second-order valence-electron chi connectivity index (χ2n) is 2.60. The molecular weight excluding hydrogens is 184 g/mol. The Labute approximate surface area is 81.4 Å². The normalized spacial score (nSPS) is 9.21. The van der Waals surface area contributed by atoms with Gasteiger partial charge in [-0.15, -0.1) is 0 Å². The van der Waals surface area contributed by atoms with Gasteiger partial charge >= 0.3 is 5.97 Å². The maximum absolute atomic E-state index is 11.1. The molecule has 0 saturated carbocycles. The Morgan fingerprint density at radius 1 is 1.50 bits per heavy atom. The molecular formula is C10H10O4. The van der Waals surface area contributed by atoms with Gasteiger partial charge in [0.2, 0.25) is 0 Å². The van der Waals surface area contributed by atoms with Crippen LogP contribution in [0.3, 0.4) is 0 Å². The van der Waals surface area contributed by atoms with E-state index in [0.29, 0.717) is 12.0 Å². The van der Waals surface area contributed by atoms with Crippen LogP contribution in [0.5, 0.6) is 0 Å². The van der Waals surface area contributed by atoms with Crippen molar-refractivity contribution in [2.75, 3.05) is 7.11 Å². The van der Waals surface area contributed by atoms with Gasteiger partial charge in [0.25, 0.3) is 6.47 Å². The van der Waals surface area contributed by atoms with Crippen LogP contribution in [0.4, 0.5) is 0 Å². The lowest BCUT2D eigenvalue weighted by molar-refractivity contribution is -0.129. The number of methoxy groups -OCH3 is 1. The van der Waals surface area contributed by atoms with Gasteiger partial charge in [-0.05, 0) is 17.7 Å². The van der Waals surface area contributed by atoms with Gasteiger partial charge in [0.1, 0.15) is 6.61 Å². The van der Waals surface area contributed by atoms with Crippen molar-refractivity contribution in [1.82, 2.24) is 0 Å². The first-order chi connectivity index (χ1) is 6.77. The van der Waals surface area contributed by atoms with Crippen LogP contribution in [0.15, 0.2) is 24.3 Å². The Morgan fingerprint density at radius 3 is 2.93 bits per heavy atom. The van der Waals surface area contributed by atoms with Gasteiger partial charge in [-0.1, -0.05) is 12.1 Å². The second-order valence-corrected chi connectivity index (χ2v) is 2.60. The Hall–Kier alpha value is -1.84. The van der Waals surface area contributed by atoms with Crippen molar-refractivity contribution in [3.05, 3.63) is 35.4 Å². The number of carbonyl (C=O) groups excluding carboxylic acids is 2. The first-order valence-corrected chi connectivity index (χ1v) is 4.00. The average molecular weight is 194 g/mol. The maximum atomic E-state index is 11.1. The van der Waals surface area contributed by atoms with E-state index in [1.807, 2.05) is 0 Å². The van der Waals surface area contributed by atoms with E-state index in [4.69, 9.17) is 0 Å². The number of hydrogen-bond acceptors (Lipinski definition) is 4. The molecule has 0 bridgehead atoms. The molecule has 0 amide bonds. The molecule has 0 aliphatic carbocycles. The quantitative estimate of drug-likeness (QED) is 0.533. The molecule has 0 heterocycles. The molecule has 0 unspecified atom stereocenters. The molecule has 1 rings (SSSR count). The molecule has 0 aliphatic rings. The third-order valence-corrected chi connectivity index (χ3v) is 1.67. The summed E-state index contributed by atoms with van der Waals surface area (Å²) in [4.78, 5) is 21.0. The highest BCUT2D eigenvalue weighted by atomic mass is 16.5. The summed E-state index contributed by atoms with van der Waals surface area (Å²) in [6.45, 7) is 0.527. The van der Waals surface area contributed by atoms with Gasteiger partial charge in [0.05, 0.1) is 12.7 Å². The van der Waals surface area contributed by atoms with E-state index in [0.717, 1.165) is 5.56 Å². The SMILES string of the molecule is COC(=O)c1cccc(COC=O)c1. The van der Waals surface area contributed by atoms with Crippen molar-refractivity contribution in [2.24, 2.45) is 0 Å². The van der Waals surface area contributed by atoms with Crippen LogP contribution in [0.25, 0.3) is 0 Å². The Morgan fingerprint density at radius 2 is 2.29 bits per heavy atom. The third-order valence-electron chi connectivity index (χ3n) is 1.67. The summed E-state index contributed by atoms with van der Waals surface area (Å²) in [7, 11) is 1.32. The number of hydrogen-bond donors (Lipinski definition) is 0. The predicted octanol–water partition coefficient (Wildman–Crippen LogP) is 1.15. The first-order valence-electron chi connectivity index (χ1n) is 4.00. The monoisotopic (exact) mass is 194 g/mol. The highest BCUT2D eigenvalue weighted by molar-refractivity contribution is 5.89. The van der Waals surface area contributed by atoms with Crippen molar-refractivity contribution in [1.29, 1.82) is 0 Å². The van der Waals surface area contributed by atoms with Gasteiger partial charge in [0, 0.05) is 0 Å². The topological polar surface area (TPSA) is 52.6 Å². The fraction of sp³-hybridized carbons (Fsp3) is 0.200. The molecule has 4 nitrogen and oxygen atoms in total. The number of esters is 1. The van der Waals surface area contributed by atoms with Crippen molar-refractivity contribution in [2.45, 2.75) is 6.61 Å². The standard InChI is InChI=1S/C10H10O4/c1-13-10(12)9-4-2-3-8(5-9)6-14-7-11/h2-5,7H,6H2,1H3. The minimum absolute atomic E-state index is 0.161. The highest BCUT2D eigenvalue weighted by Crippen LogP contribution is 2.07. The van der Waals surface area contributed by atoms with Crippen LogP contribution in [-0.4, -0.2) is 19.6 Å². The van der Waals surface area contributed by atoms with Crippen LogP contribution in [0.1, 0.15) is 15.9 Å². The van der Waals surface area contributed by atoms with Gasteiger partial charge in [-0.2, -0.15) is 0 Å². The Kier molecular flexibility index (Phi) is 3.67. The summed E-state index contributed by atoms with van der Waals surface area (Å²) >= 11 is 0. The van der Waals surface area contributed by atoms with E-state index in [1.165, 1.54) is 7.11 Å². The van der Waals surface area contributed by atoms with Crippen molar-refractivity contribution < 1.29 is 19.1 Å². The van der Waals surface area contributed by atoms with E-state index in [2.05, 4.69) is 9.47 Å². The molecule has 4 heteroatoms. The minimum Gasteiger partial charge on any atom is -0.465 e. The zero-order chi connectivity index (χ0) is 10.4. The lowest BCUT2D eigenvalue weighted by Gasteiger charge is -2.02. The number of carbonyl (C=O) groups is 2. The lowest BCUT2D eigenvalue weighted by atomic mass is 10.1. The summed E-state index contributed by atoms with van der Waals surface area (Å²) in [6.07, 6.45) is 0. The van der Waals surface area contributed by atoms with Crippen LogP contribution >= 0.6 is 0 Å². The number of rotatable bonds is 4. The van der Waals surface area contributed by atoms with Crippen LogP contribution in [0, 0.1) is 0 Å². The molecule has 0 radical (unpaired) electrons. The lowest BCUT2D eigenvalue weighted by Crippen LogP contribution is -2.02. The summed E-state index contributed by atoms with van der Waals surface area (Å²) in [5.41, 5.74) is 1.19. The number of benzene rings is 1. The van der Waals surface area contributed by atoms with Crippen LogP contribution in [-0.2, 0) is 20.9 Å². The Bertz CT molecular complexity index is 333.